The zero-order valence-electron chi connectivity index (χ0n) is 9.21. The summed E-state index contributed by atoms with van der Waals surface area (Å²) in [5, 5.41) is 1.22. The molecule has 0 fully saturated rings. The van der Waals surface area contributed by atoms with Crippen molar-refractivity contribution in [3.05, 3.63) is 55.7 Å². The first-order chi connectivity index (χ1) is 8.06. The van der Waals surface area contributed by atoms with Crippen molar-refractivity contribution in [3.63, 3.8) is 0 Å². The van der Waals surface area contributed by atoms with Crippen molar-refractivity contribution in [1.82, 2.24) is 0 Å². The number of hydrogen-bond donors (Lipinski definition) is 0. The van der Waals surface area contributed by atoms with Gasteiger partial charge in [0.2, 0.25) is 0 Å². The van der Waals surface area contributed by atoms with Gasteiger partial charge < -0.3 is 0 Å². The summed E-state index contributed by atoms with van der Waals surface area (Å²) in [6, 6.07) is 10.1. The van der Waals surface area contributed by atoms with Crippen LogP contribution in [0.25, 0.3) is 0 Å². The third-order valence-corrected chi connectivity index (χ3v) is 5.44. The van der Waals surface area contributed by atoms with Crippen molar-refractivity contribution < 1.29 is 0 Å². The zero-order chi connectivity index (χ0) is 12.4. The number of benzene rings is 1. The first kappa shape index (κ1) is 13.4. The van der Waals surface area contributed by atoms with Crippen molar-refractivity contribution in [2.75, 3.05) is 0 Å². The summed E-state index contributed by atoms with van der Waals surface area (Å²) < 4.78 is 0. The molecule has 4 heteroatoms. The maximum Gasteiger partial charge on any atom is 0.0595 e. The monoisotopic (exact) mass is 348 g/mol. The van der Waals surface area contributed by atoms with E-state index < -0.39 is 0 Å². The third-order valence-electron chi connectivity index (χ3n) is 2.47. The molecule has 2 rings (SSSR count). The van der Waals surface area contributed by atoms with E-state index in [1.165, 1.54) is 15.3 Å². The van der Waals surface area contributed by atoms with E-state index in [1.54, 1.807) is 0 Å². The van der Waals surface area contributed by atoms with E-state index in [9.17, 15) is 0 Å². The molecule has 90 valence electrons. The highest BCUT2D eigenvalue weighted by Gasteiger charge is 2.11. The van der Waals surface area contributed by atoms with Crippen molar-refractivity contribution in [3.8, 4) is 0 Å². The van der Waals surface area contributed by atoms with E-state index in [4.69, 9.17) is 23.2 Å². The number of rotatable bonds is 3. The number of thiophene rings is 1. The van der Waals surface area contributed by atoms with Gasteiger partial charge in [0.15, 0.2) is 0 Å². The highest BCUT2D eigenvalue weighted by Crippen LogP contribution is 2.33. The normalized spacial score (nSPS) is 12.7. The molecule has 0 saturated heterocycles. The summed E-state index contributed by atoms with van der Waals surface area (Å²) in [5.74, 6) is 0. The molecule has 0 aliphatic rings. The van der Waals surface area contributed by atoms with E-state index in [0.717, 1.165) is 6.42 Å². The molecule has 0 aliphatic carbocycles. The molecule has 0 spiro atoms. The van der Waals surface area contributed by atoms with Crippen LogP contribution in [-0.4, -0.2) is 0 Å². The summed E-state index contributed by atoms with van der Waals surface area (Å²) in [6.07, 6.45) is 0.914. The van der Waals surface area contributed by atoms with Gasteiger partial charge >= 0.3 is 0 Å². The van der Waals surface area contributed by atoms with Crippen LogP contribution in [0.15, 0.2) is 30.3 Å². The van der Waals surface area contributed by atoms with Gasteiger partial charge in [0.1, 0.15) is 0 Å². The summed E-state index contributed by atoms with van der Waals surface area (Å²) in [4.78, 5) is 3.01. The molecule has 1 heterocycles. The molecule has 2 aromatic rings. The standard InChI is InChI=1S/C13H11BrCl2S/c1-8-2-5-13(17-8)10(14)6-9-3-4-11(15)12(16)7-9/h2-5,7,10H,6H2,1H3. The van der Waals surface area contributed by atoms with Crippen LogP contribution in [0.1, 0.15) is 20.1 Å². The Hall–Kier alpha value is -0.0200. The zero-order valence-corrected chi connectivity index (χ0v) is 13.1. The topological polar surface area (TPSA) is 0 Å². The van der Waals surface area contributed by atoms with Gasteiger partial charge in [-0.15, -0.1) is 11.3 Å². The Morgan fingerprint density at radius 2 is 1.94 bits per heavy atom. The van der Waals surface area contributed by atoms with Crippen LogP contribution in [0.2, 0.25) is 10.0 Å². The Bertz CT molecular complexity index is 522. The molecule has 1 aromatic heterocycles. The molecule has 0 bridgehead atoms. The second-order valence-electron chi connectivity index (χ2n) is 3.87. The van der Waals surface area contributed by atoms with E-state index in [2.05, 4.69) is 35.0 Å². The summed E-state index contributed by atoms with van der Waals surface area (Å²) in [7, 11) is 0. The van der Waals surface area contributed by atoms with Gasteiger partial charge in [-0.25, -0.2) is 0 Å². The molecular weight excluding hydrogens is 339 g/mol. The maximum atomic E-state index is 6.00. The minimum atomic E-state index is 0.332. The second-order valence-corrected chi connectivity index (χ2v) is 7.11. The largest absolute Gasteiger partial charge is 0.145 e. The van der Waals surface area contributed by atoms with Crippen molar-refractivity contribution in [2.24, 2.45) is 0 Å². The smallest absolute Gasteiger partial charge is 0.0595 e. The van der Waals surface area contributed by atoms with Crippen LogP contribution < -0.4 is 0 Å². The molecule has 1 atom stereocenters. The summed E-state index contributed by atoms with van der Waals surface area (Å²) >= 11 is 17.4. The van der Waals surface area contributed by atoms with Crippen molar-refractivity contribution in [1.29, 1.82) is 0 Å². The molecule has 0 amide bonds. The lowest BCUT2D eigenvalue weighted by Gasteiger charge is -2.08. The molecule has 1 aromatic carbocycles. The molecule has 0 nitrogen and oxygen atoms in total. The average molecular weight is 350 g/mol. The second kappa shape index (κ2) is 5.75. The van der Waals surface area contributed by atoms with Crippen LogP contribution in [-0.2, 0) is 6.42 Å². The Balaban J connectivity index is 2.12. The van der Waals surface area contributed by atoms with Crippen LogP contribution in [0.5, 0.6) is 0 Å². The van der Waals surface area contributed by atoms with E-state index in [1.807, 2.05) is 29.5 Å². The third kappa shape index (κ3) is 3.47. The Morgan fingerprint density at radius 1 is 1.18 bits per heavy atom. The fourth-order valence-corrected chi connectivity index (χ4v) is 3.58. The lowest BCUT2D eigenvalue weighted by molar-refractivity contribution is 0.970. The molecule has 17 heavy (non-hydrogen) atoms. The van der Waals surface area contributed by atoms with Gasteiger partial charge in [0.05, 0.1) is 14.9 Å². The molecular formula is C13H11BrCl2S. The summed E-state index contributed by atoms with van der Waals surface area (Å²) in [5.41, 5.74) is 1.19. The Kier molecular flexibility index (Phi) is 4.53. The summed E-state index contributed by atoms with van der Waals surface area (Å²) in [6.45, 7) is 2.12. The van der Waals surface area contributed by atoms with Crippen LogP contribution in [0, 0.1) is 6.92 Å². The number of halogens is 3. The fraction of sp³-hybridized carbons (Fsp3) is 0.231. The van der Waals surface area contributed by atoms with Gasteiger partial charge in [0, 0.05) is 9.75 Å². The van der Waals surface area contributed by atoms with Crippen LogP contribution in [0.4, 0.5) is 0 Å². The Labute approximate surface area is 124 Å². The van der Waals surface area contributed by atoms with Gasteiger partial charge in [0.25, 0.3) is 0 Å². The first-order valence-electron chi connectivity index (χ1n) is 5.20. The molecule has 0 radical (unpaired) electrons. The number of aryl methyl sites for hydroxylation is 1. The van der Waals surface area contributed by atoms with Gasteiger partial charge in [-0.3, -0.25) is 0 Å². The van der Waals surface area contributed by atoms with E-state index in [0.29, 0.717) is 14.9 Å². The highest BCUT2D eigenvalue weighted by molar-refractivity contribution is 9.09. The average Bonchev–Trinajstić information content (AvgIpc) is 2.70. The van der Waals surface area contributed by atoms with Gasteiger partial charge in [-0.1, -0.05) is 45.2 Å². The van der Waals surface area contributed by atoms with Crippen molar-refractivity contribution >= 4 is 50.5 Å². The maximum absolute atomic E-state index is 6.00. The fourth-order valence-electron chi connectivity index (χ4n) is 1.60. The Morgan fingerprint density at radius 3 is 2.53 bits per heavy atom. The quantitative estimate of drug-likeness (QED) is 0.592. The van der Waals surface area contributed by atoms with Crippen LogP contribution >= 0.6 is 50.5 Å². The minimum absolute atomic E-state index is 0.332. The molecule has 0 saturated carbocycles. The van der Waals surface area contributed by atoms with E-state index in [-0.39, 0.29) is 0 Å². The lowest BCUT2D eigenvalue weighted by Crippen LogP contribution is -1.92. The van der Waals surface area contributed by atoms with Gasteiger partial charge in [-0.05, 0) is 43.2 Å². The molecule has 0 aliphatic heterocycles. The number of alkyl halides is 1. The SMILES string of the molecule is Cc1ccc(C(Br)Cc2ccc(Cl)c(Cl)c2)s1. The first-order valence-corrected chi connectivity index (χ1v) is 7.69. The highest BCUT2D eigenvalue weighted by atomic mass is 79.9. The minimum Gasteiger partial charge on any atom is -0.145 e. The van der Waals surface area contributed by atoms with Gasteiger partial charge in [-0.2, -0.15) is 0 Å². The van der Waals surface area contributed by atoms with Crippen molar-refractivity contribution in [2.45, 2.75) is 18.2 Å². The lowest BCUT2D eigenvalue weighted by atomic mass is 10.1. The molecule has 1 unspecified atom stereocenters. The van der Waals surface area contributed by atoms with Crippen LogP contribution in [0.3, 0.4) is 0 Å². The number of hydrogen-bond acceptors (Lipinski definition) is 1. The van der Waals surface area contributed by atoms with E-state index >= 15 is 0 Å². The molecule has 0 N–H and O–H groups in total. The predicted molar refractivity (Wildman–Crippen MR) is 80.9 cm³/mol. The predicted octanol–water partition coefficient (Wildman–Crippen LogP) is 6.04.